The van der Waals surface area contributed by atoms with Crippen LogP contribution in [0.5, 0.6) is 17.5 Å². The third kappa shape index (κ3) is 4.67. The van der Waals surface area contributed by atoms with Crippen LogP contribution >= 0.6 is 0 Å². The van der Waals surface area contributed by atoms with Crippen LogP contribution in [0.25, 0.3) is 32.8 Å². The fourth-order valence-corrected chi connectivity index (χ4v) is 8.17. The van der Waals surface area contributed by atoms with Gasteiger partial charge in [0, 0.05) is 37.7 Å². The number of hydrogen-bond acceptors (Lipinski definition) is 8. The van der Waals surface area contributed by atoms with E-state index in [2.05, 4.69) is 29.0 Å². The number of benzene rings is 3. The first kappa shape index (κ1) is 28.7. The molecule has 3 fully saturated rings. The van der Waals surface area contributed by atoms with Crippen molar-refractivity contribution in [2.24, 2.45) is 0 Å². The van der Waals surface area contributed by atoms with Gasteiger partial charge in [0.25, 0.3) is 0 Å². The third-order valence-corrected chi connectivity index (χ3v) is 10.5. The summed E-state index contributed by atoms with van der Waals surface area (Å²) in [6.45, 7) is 7.53. The van der Waals surface area contributed by atoms with Gasteiger partial charge in [0.2, 0.25) is 0 Å². The van der Waals surface area contributed by atoms with Crippen molar-refractivity contribution in [2.45, 2.75) is 69.7 Å². The van der Waals surface area contributed by atoms with Gasteiger partial charge in [-0.3, -0.25) is 4.90 Å². The molecule has 5 heterocycles. The van der Waals surface area contributed by atoms with Crippen molar-refractivity contribution in [2.75, 3.05) is 44.3 Å². The van der Waals surface area contributed by atoms with Crippen LogP contribution in [0.4, 0.5) is 14.6 Å². The zero-order valence-electron chi connectivity index (χ0n) is 25.8. The zero-order valence-corrected chi connectivity index (χ0v) is 25.8. The van der Waals surface area contributed by atoms with Gasteiger partial charge in [-0.05, 0) is 72.3 Å². The Morgan fingerprint density at radius 3 is 2.87 bits per heavy atom. The largest absolute Gasteiger partial charge is 0.508 e. The first-order chi connectivity index (χ1) is 21.9. The lowest BCUT2D eigenvalue weighted by atomic mass is 9.92. The van der Waals surface area contributed by atoms with Gasteiger partial charge >= 0.3 is 6.01 Å². The normalized spacial score (nSPS) is 26.1. The number of aromatic hydroxyl groups is 1. The molecule has 45 heavy (non-hydrogen) atoms. The number of phenols is 1. The molecule has 3 aromatic carbocycles. The number of rotatable bonds is 6. The minimum absolute atomic E-state index is 0.0167. The maximum atomic E-state index is 17.1. The number of piperazine rings is 1. The SMILES string of the molecule is CCc1cccc2cc(O)cc(-c3cc4c5c(nc(OCC67CCCN6C[C@@H](F)C7)nc5c3F)N3C[C@@H](CC)NC[C@@H]3CO4)c12. The van der Waals surface area contributed by atoms with E-state index < -0.39 is 12.0 Å². The molecule has 0 saturated carbocycles. The van der Waals surface area contributed by atoms with Crippen molar-refractivity contribution in [1.29, 1.82) is 0 Å². The molecule has 10 heteroatoms. The predicted octanol–water partition coefficient (Wildman–Crippen LogP) is 5.76. The van der Waals surface area contributed by atoms with Crippen molar-refractivity contribution in [3.05, 3.63) is 47.8 Å². The quantitative estimate of drug-likeness (QED) is 0.283. The van der Waals surface area contributed by atoms with Crippen molar-refractivity contribution < 1.29 is 23.4 Å². The molecule has 0 spiro atoms. The fourth-order valence-electron chi connectivity index (χ4n) is 8.17. The number of aromatic nitrogens is 2. The second-order valence-corrected chi connectivity index (χ2v) is 13.1. The Labute approximate surface area is 261 Å². The van der Waals surface area contributed by atoms with Crippen molar-refractivity contribution >= 4 is 27.5 Å². The predicted molar refractivity (Wildman–Crippen MR) is 171 cm³/mol. The highest BCUT2D eigenvalue weighted by molar-refractivity contribution is 6.05. The molecular formula is C35H39F2N5O3. The van der Waals surface area contributed by atoms with Crippen LogP contribution in [-0.4, -0.2) is 83.2 Å². The second kappa shape index (κ2) is 10.9. The third-order valence-electron chi connectivity index (χ3n) is 10.5. The summed E-state index contributed by atoms with van der Waals surface area (Å²) < 4.78 is 44.4. The Balaban J connectivity index is 1.32. The Hall–Kier alpha value is -3.76. The summed E-state index contributed by atoms with van der Waals surface area (Å²) in [6, 6.07) is 11.3. The van der Waals surface area contributed by atoms with Gasteiger partial charge in [-0.2, -0.15) is 9.97 Å². The van der Waals surface area contributed by atoms with Crippen LogP contribution in [-0.2, 0) is 6.42 Å². The molecule has 8 rings (SSSR count). The molecule has 0 amide bonds. The number of nitrogens with one attached hydrogen (secondary N) is 1. The van der Waals surface area contributed by atoms with Gasteiger partial charge < -0.3 is 24.8 Å². The first-order valence-corrected chi connectivity index (χ1v) is 16.3. The highest BCUT2D eigenvalue weighted by Gasteiger charge is 2.49. The summed E-state index contributed by atoms with van der Waals surface area (Å²) in [4.78, 5) is 14.1. The van der Waals surface area contributed by atoms with Crippen LogP contribution in [0.15, 0.2) is 36.4 Å². The Morgan fingerprint density at radius 1 is 1.13 bits per heavy atom. The maximum Gasteiger partial charge on any atom is 0.319 e. The summed E-state index contributed by atoms with van der Waals surface area (Å²) in [7, 11) is 0. The highest BCUT2D eigenvalue weighted by Crippen LogP contribution is 2.46. The number of hydrogen-bond donors (Lipinski definition) is 2. The molecule has 4 aliphatic rings. The van der Waals surface area contributed by atoms with Gasteiger partial charge in [0.05, 0.1) is 17.0 Å². The summed E-state index contributed by atoms with van der Waals surface area (Å²) in [5.41, 5.74) is 1.67. The molecule has 236 valence electrons. The van der Waals surface area contributed by atoms with Crippen molar-refractivity contribution in [3.8, 4) is 28.6 Å². The van der Waals surface area contributed by atoms with Gasteiger partial charge in [-0.1, -0.05) is 32.0 Å². The lowest BCUT2D eigenvalue weighted by Crippen LogP contribution is -2.58. The van der Waals surface area contributed by atoms with Crippen LogP contribution in [0.1, 0.15) is 45.1 Å². The van der Waals surface area contributed by atoms with E-state index >= 15 is 4.39 Å². The molecule has 1 aromatic heterocycles. The monoisotopic (exact) mass is 615 g/mol. The Kier molecular flexibility index (Phi) is 6.98. The number of halogens is 2. The number of aryl methyl sites for hydroxylation is 1. The fraction of sp³-hybridized carbons (Fsp3) is 0.486. The molecule has 0 radical (unpaired) electrons. The molecular weight excluding hydrogens is 576 g/mol. The number of alkyl halides is 1. The number of ether oxygens (including phenoxy) is 2. The molecule has 8 nitrogen and oxygen atoms in total. The first-order valence-electron chi connectivity index (χ1n) is 16.3. The van der Waals surface area contributed by atoms with Crippen molar-refractivity contribution in [3.63, 3.8) is 0 Å². The molecule has 4 atom stereocenters. The van der Waals surface area contributed by atoms with E-state index in [-0.39, 0.29) is 41.5 Å². The van der Waals surface area contributed by atoms with E-state index in [9.17, 15) is 9.50 Å². The van der Waals surface area contributed by atoms with E-state index in [0.717, 1.165) is 48.6 Å². The van der Waals surface area contributed by atoms with Gasteiger partial charge in [0.1, 0.15) is 42.2 Å². The van der Waals surface area contributed by atoms with Crippen LogP contribution in [0.2, 0.25) is 0 Å². The molecule has 4 aromatic rings. The summed E-state index contributed by atoms with van der Waals surface area (Å²) in [5.74, 6) is 0.645. The molecule has 1 unspecified atom stereocenters. The smallest absolute Gasteiger partial charge is 0.319 e. The highest BCUT2D eigenvalue weighted by atomic mass is 19.1. The van der Waals surface area contributed by atoms with E-state index in [1.54, 1.807) is 18.2 Å². The van der Waals surface area contributed by atoms with Crippen molar-refractivity contribution in [1.82, 2.24) is 20.2 Å². The number of fused-ring (bicyclic) bond motifs is 4. The van der Waals surface area contributed by atoms with Crippen LogP contribution in [0, 0.1) is 5.82 Å². The van der Waals surface area contributed by atoms with E-state index in [4.69, 9.17) is 19.4 Å². The van der Waals surface area contributed by atoms with Crippen LogP contribution < -0.4 is 19.7 Å². The summed E-state index contributed by atoms with van der Waals surface area (Å²) in [6.07, 6.45) is 3.08. The topological polar surface area (TPSA) is 83.0 Å². The molecule has 2 N–H and O–H groups in total. The second-order valence-electron chi connectivity index (χ2n) is 13.1. The van der Waals surface area contributed by atoms with E-state index in [1.165, 1.54) is 0 Å². The minimum atomic E-state index is -0.881. The van der Waals surface area contributed by atoms with Gasteiger partial charge in [-0.25, -0.2) is 8.78 Å². The van der Waals surface area contributed by atoms with E-state index in [0.29, 0.717) is 60.7 Å². The van der Waals surface area contributed by atoms with E-state index in [1.807, 2.05) is 18.2 Å². The minimum Gasteiger partial charge on any atom is -0.508 e. The number of nitrogens with zero attached hydrogens (tertiary/aromatic N) is 4. The Morgan fingerprint density at radius 2 is 2.02 bits per heavy atom. The maximum absolute atomic E-state index is 17.1. The molecule has 0 aliphatic carbocycles. The average molecular weight is 616 g/mol. The lowest BCUT2D eigenvalue weighted by Gasteiger charge is -2.39. The molecule has 0 bridgehead atoms. The molecule has 4 aliphatic heterocycles. The number of phenolic OH excluding ortho intramolecular Hbond substituents is 1. The van der Waals surface area contributed by atoms with Gasteiger partial charge in [0.15, 0.2) is 5.82 Å². The van der Waals surface area contributed by atoms with Crippen LogP contribution in [0.3, 0.4) is 0 Å². The zero-order chi connectivity index (χ0) is 30.9. The Bertz CT molecular complexity index is 1800. The average Bonchev–Trinajstić information content (AvgIpc) is 3.52. The van der Waals surface area contributed by atoms with Gasteiger partial charge in [-0.15, -0.1) is 0 Å². The summed E-state index contributed by atoms with van der Waals surface area (Å²) >= 11 is 0. The molecule has 3 saturated heterocycles. The summed E-state index contributed by atoms with van der Waals surface area (Å²) in [5, 5.41) is 16.6. The number of anilines is 1. The lowest BCUT2D eigenvalue weighted by molar-refractivity contribution is 0.107. The standard InChI is InChI=1S/C35H39F2N5O3/c1-3-20-7-5-8-21-11-25(43)12-26(29(20)21)27-13-28-30-32(31(27)37)39-34(45-19-35-9-6-10-41(35)16-22(36)14-35)40-33(30)42-17-23(4-2)38-15-24(42)18-44-28/h5,7-8,11-13,22-24,38,43H,3-4,6,9-10,14-19H2,1-2H3/t22-,23+,24+,35?/m0/s1.